The van der Waals surface area contributed by atoms with E-state index in [-0.39, 0.29) is 23.7 Å². The van der Waals surface area contributed by atoms with E-state index >= 15 is 0 Å². The predicted octanol–water partition coefficient (Wildman–Crippen LogP) is 5.57. The third-order valence-corrected chi connectivity index (χ3v) is 5.92. The molecule has 0 spiro atoms. The maximum atomic E-state index is 13.4. The second-order valence-electron chi connectivity index (χ2n) is 8.34. The minimum Gasteiger partial charge on any atom is -0.491 e. The molecule has 152 valence electrons. The highest BCUT2D eigenvalue weighted by Crippen LogP contribution is 2.48. The zero-order valence-electron chi connectivity index (χ0n) is 17.6. The third-order valence-electron chi connectivity index (χ3n) is 5.92. The van der Waals surface area contributed by atoms with Gasteiger partial charge in [0.1, 0.15) is 5.75 Å². The fourth-order valence-electron chi connectivity index (χ4n) is 4.62. The quantitative estimate of drug-likeness (QED) is 0.676. The summed E-state index contributed by atoms with van der Waals surface area (Å²) in [6.07, 6.45) is 1.16. The molecule has 0 radical (unpaired) electrons. The fraction of sp³-hybridized carbons (Fsp3) is 0.346. The van der Waals surface area contributed by atoms with Crippen LogP contribution in [0.2, 0.25) is 0 Å². The van der Waals surface area contributed by atoms with Gasteiger partial charge in [0.05, 0.1) is 18.1 Å². The van der Waals surface area contributed by atoms with Crippen molar-refractivity contribution in [1.82, 2.24) is 0 Å². The number of allylic oxidation sites excluding steroid dienone is 2. The normalized spacial score (nSPS) is 23.6. The SMILES string of the molecule is CC1=NC2=C(C(=O)C[C@H](c3ccccc3)C2)[C@H](c2ccccc2OC(C)C)C1C#N. The number of hydrogen-bond acceptors (Lipinski definition) is 4. The van der Waals surface area contributed by atoms with E-state index in [4.69, 9.17) is 9.73 Å². The largest absolute Gasteiger partial charge is 0.491 e. The minimum atomic E-state index is -0.474. The molecule has 0 N–H and O–H groups in total. The van der Waals surface area contributed by atoms with Crippen LogP contribution in [-0.2, 0) is 4.79 Å². The standard InChI is InChI=1S/C26H26N2O2/c1-16(2)30-24-12-8-7-11-20(24)25-21(15-27)17(3)28-22-13-19(14-23(29)26(22)25)18-9-5-4-6-10-18/h4-12,16,19,21,25H,13-14H2,1-3H3/t19-,21?,25-/m1/s1. The molecule has 30 heavy (non-hydrogen) atoms. The van der Waals surface area contributed by atoms with E-state index in [1.807, 2.05) is 63.2 Å². The van der Waals surface area contributed by atoms with E-state index < -0.39 is 5.92 Å². The molecule has 0 saturated carbocycles. The Balaban J connectivity index is 1.82. The van der Waals surface area contributed by atoms with Gasteiger partial charge >= 0.3 is 0 Å². The molecule has 0 fully saturated rings. The van der Waals surface area contributed by atoms with Crippen LogP contribution >= 0.6 is 0 Å². The second-order valence-corrected chi connectivity index (χ2v) is 8.34. The number of rotatable bonds is 4. The van der Waals surface area contributed by atoms with Gasteiger partial charge in [0.25, 0.3) is 0 Å². The number of ether oxygens (including phenoxy) is 1. The third kappa shape index (κ3) is 3.68. The molecule has 2 aromatic rings. The molecule has 4 rings (SSSR count). The van der Waals surface area contributed by atoms with Crippen LogP contribution in [0.4, 0.5) is 0 Å². The average Bonchev–Trinajstić information content (AvgIpc) is 2.73. The van der Waals surface area contributed by atoms with Gasteiger partial charge in [-0.1, -0.05) is 48.5 Å². The lowest BCUT2D eigenvalue weighted by atomic mass is 9.69. The Morgan fingerprint density at radius 3 is 2.47 bits per heavy atom. The molecule has 2 aromatic carbocycles. The van der Waals surface area contributed by atoms with Crippen molar-refractivity contribution in [3.05, 3.63) is 77.0 Å². The van der Waals surface area contributed by atoms with Crippen molar-refractivity contribution in [2.24, 2.45) is 10.9 Å². The molecule has 3 atom stereocenters. The van der Waals surface area contributed by atoms with Crippen LogP contribution < -0.4 is 4.74 Å². The first-order valence-corrected chi connectivity index (χ1v) is 10.5. The summed E-state index contributed by atoms with van der Waals surface area (Å²) in [7, 11) is 0. The minimum absolute atomic E-state index is 0.00279. The summed E-state index contributed by atoms with van der Waals surface area (Å²) in [4.78, 5) is 18.2. The Hall–Kier alpha value is -3.19. The van der Waals surface area contributed by atoms with Crippen LogP contribution in [0.25, 0.3) is 0 Å². The molecule has 0 bridgehead atoms. The molecule has 1 aliphatic heterocycles. The number of carbonyl (C=O) groups is 1. The summed E-state index contributed by atoms with van der Waals surface area (Å²) in [5.74, 6) is 0.123. The highest BCUT2D eigenvalue weighted by atomic mass is 16.5. The van der Waals surface area contributed by atoms with E-state index in [2.05, 4.69) is 18.2 Å². The molecule has 4 heteroatoms. The van der Waals surface area contributed by atoms with E-state index in [1.54, 1.807) is 0 Å². The van der Waals surface area contributed by atoms with Crippen molar-refractivity contribution in [2.75, 3.05) is 0 Å². The molecular weight excluding hydrogens is 372 g/mol. The van der Waals surface area contributed by atoms with Crippen LogP contribution in [0, 0.1) is 17.2 Å². The van der Waals surface area contributed by atoms with Gasteiger partial charge in [0.2, 0.25) is 0 Å². The molecule has 4 nitrogen and oxygen atoms in total. The summed E-state index contributed by atoms with van der Waals surface area (Å²) in [6.45, 7) is 5.85. The first kappa shape index (κ1) is 20.1. The maximum Gasteiger partial charge on any atom is 0.161 e. The Bertz CT molecular complexity index is 1060. The Morgan fingerprint density at radius 2 is 1.77 bits per heavy atom. The summed E-state index contributed by atoms with van der Waals surface area (Å²) in [5, 5.41) is 9.97. The van der Waals surface area contributed by atoms with E-state index in [0.717, 1.165) is 28.3 Å². The Labute approximate surface area is 177 Å². The van der Waals surface area contributed by atoms with Gasteiger partial charge in [-0.3, -0.25) is 9.79 Å². The number of benzene rings is 2. The van der Waals surface area contributed by atoms with Gasteiger partial charge in [0.15, 0.2) is 5.78 Å². The number of nitriles is 1. The van der Waals surface area contributed by atoms with Crippen LogP contribution in [0.1, 0.15) is 56.6 Å². The number of ketones is 1. The highest BCUT2D eigenvalue weighted by Gasteiger charge is 2.42. The number of aliphatic imine (C=N–C) groups is 1. The Morgan fingerprint density at radius 1 is 1.07 bits per heavy atom. The first-order valence-electron chi connectivity index (χ1n) is 10.5. The van der Waals surface area contributed by atoms with E-state index in [9.17, 15) is 10.1 Å². The van der Waals surface area contributed by atoms with Gasteiger partial charge in [-0.05, 0) is 44.7 Å². The summed E-state index contributed by atoms with van der Waals surface area (Å²) >= 11 is 0. The lowest BCUT2D eigenvalue weighted by Gasteiger charge is -2.35. The molecule has 2 aliphatic rings. The zero-order valence-corrected chi connectivity index (χ0v) is 17.6. The van der Waals surface area contributed by atoms with Gasteiger partial charge in [0, 0.05) is 34.9 Å². The van der Waals surface area contributed by atoms with Crippen LogP contribution in [0.15, 0.2) is 70.9 Å². The van der Waals surface area contributed by atoms with Crippen molar-refractivity contribution >= 4 is 11.5 Å². The predicted molar refractivity (Wildman–Crippen MR) is 118 cm³/mol. The van der Waals surface area contributed by atoms with Crippen molar-refractivity contribution in [1.29, 1.82) is 5.26 Å². The smallest absolute Gasteiger partial charge is 0.161 e. The van der Waals surface area contributed by atoms with Crippen LogP contribution in [0.3, 0.4) is 0 Å². The number of carbonyl (C=O) groups excluding carboxylic acids is 1. The van der Waals surface area contributed by atoms with Crippen LogP contribution in [0.5, 0.6) is 5.75 Å². The number of hydrogen-bond donors (Lipinski definition) is 0. The lowest BCUT2D eigenvalue weighted by Crippen LogP contribution is -2.32. The molecule has 0 amide bonds. The summed E-state index contributed by atoms with van der Waals surface area (Å²) in [5.41, 5.74) is 4.34. The number of nitrogens with zero attached hydrogens (tertiary/aromatic N) is 2. The highest BCUT2D eigenvalue weighted by molar-refractivity contribution is 6.03. The molecule has 1 heterocycles. The zero-order chi connectivity index (χ0) is 21.3. The second kappa shape index (κ2) is 8.28. The first-order chi connectivity index (χ1) is 14.5. The van der Waals surface area contributed by atoms with Crippen molar-refractivity contribution in [3.8, 4) is 11.8 Å². The molecular formula is C26H26N2O2. The Kier molecular flexibility index (Phi) is 5.55. The van der Waals surface area contributed by atoms with Crippen molar-refractivity contribution in [3.63, 3.8) is 0 Å². The lowest BCUT2D eigenvalue weighted by molar-refractivity contribution is -0.116. The van der Waals surface area contributed by atoms with E-state index in [0.29, 0.717) is 18.4 Å². The van der Waals surface area contributed by atoms with E-state index in [1.165, 1.54) is 0 Å². The number of Topliss-reactive ketones (excluding diaryl/α,β-unsaturated/α-hetero) is 1. The van der Waals surface area contributed by atoms with Gasteiger partial charge < -0.3 is 4.74 Å². The summed E-state index contributed by atoms with van der Waals surface area (Å²) in [6, 6.07) is 20.3. The molecule has 1 aliphatic carbocycles. The number of para-hydroxylation sites is 1. The topological polar surface area (TPSA) is 62.4 Å². The maximum absolute atomic E-state index is 13.4. The van der Waals surface area contributed by atoms with Gasteiger partial charge in [-0.15, -0.1) is 0 Å². The fourth-order valence-corrected chi connectivity index (χ4v) is 4.62. The van der Waals surface area contributed by atoms with Crippen molar-refractivity contribution < 1.29 is 9.53 Å². The molecule has 0 aromatic heterocycles. The average molecular weight is 399 g/mol. The van der Waals surface area contributed by atoms with Gasteiger partial charge in [-0.25, -0.2) is 0 Å². The van der Waals surface area contributed by atoms with Crippen molar-refractivity contribution in [2.45, 2.75) is 51.6 Å². The van der Waals surface area contributed by atoms with Crippen LogP contribution in [-0.4, -0.2) is 17.6 Å². The summed E-state index contributed by atoms with van der Waals surface area (Å²) < 4.78 is 6.05. The molecule has 1 unspecified atom stereocenters. The molecule has 0 saturated heterocycles. The monoisotopic (exact) mass is 398 g/mol. The van der Waals surface area contributed by atoms with Gasteiger partial charge in [-0.2, -0.15) is 5.26 Å².